The number of aryl methyl sites for hydroxylation is 1. The quantitative estimate of drug-likeness (QED) is 0.875. The topological polar surface area (TPSA) is 30.5 Å². The van der Waals surface area contributed by atoms with Gasteiger partial charge in [0.05, 0.1) is 14.2 Å². The summed E-state index contributed by atoms with van der Waals surface area (Å²) in [5.74, 6) is 1.67. The number of nitrogens with one attached hydrogen (secondary N) is 1. The predicted octanol–water partition coefficient (Wildman–Crippen LogP) is 3.92. The lowest BCUT2D eigenvalue weighted by Crippen LogP contribution is -2.17. The molecule has 1 heterocycles. The Morgan fingerprint density at radius 3 is 2.55 bits per heavy atom. The van der Waals surface area contributed by atoms with Gasteiger partial charge in [0, 0.05) is 34.0 Å². The second kappa shape index (κ2) is 6.77. The minimum atomic E-state index is 0.334. The zero-order valence-corrected chi connectivity index (χ0v) is 13.2. The monoisotopic (exact) mass is 291 g/mol. The highest BCUT2D eigenvalue weighted by Crippen LogP contribution is 2.26. The van der Waals surface area contributed by atoms with Gasteiger partial charge in [0.1, 0.15) is 11.5 Å². The van der Waals surface area contributed by atoms with Crippen molar-refractivity contribution in [2.24, 2.45) is 0 Å². The van der Waals surface area contributed by atoms with Crippen LogP contribution in [0.4, 0.5) is 0 Å². The van der Waals surface area contributed by atoms with Crippen LogP contribution in [0.1, 0.15) is 28.3 Å². The fourth-order valence-corrected chi connectivity index (χ4v) is 2.95. The van der Waals surface area contributed by atoms with Crippen molar-refractivity contribution in [3.63, 3.8) is 0 Å². The highest BCUT2D eigenvalue weighted by Gasteiger charge is 2.10. The lowest BCUT2D eigenvalue weighted by Gasteiger charge is -2.15. The molecule has 0 radical (unpaired) electrons. The summed E-state index contributed by atoms with van der Waals surface area (Å²) in [4.78, 5) is 2.70. The van der Waals surface area contributed by atoms with Gasteiger partial charge in [-0.25, -0.2) is 0 Å². The van der Waals surface area contributed by atoms with Gasteiger partial charge >= 0.3 is 0 Å². The van der Waals surface area contributed by atoms with E-state index in [1.54, 1.807) is 14.2 Å². The van der Waals surface area contributed by atoms with Crippen LogP contribution in [-0.4, -0.2) is 14.2 Å². The Balaban J connectivity index is 2.03. The van der Waals surface area contributed by atoms with E-state index in [9.17, 15) is 0 Å². The maximum atomic E-state index is 5.41. The third-order valence-electron chi connectivity index (χ3n) is 3.28. The van der Waals surface area contributed by atoms with E-state index in [2.05, 4.69) is 31.3 Å². The Kier molecular flexibility index (Phi) is 5.04. The van der Waals surface area contributed by atoms with Crippen molar-refractivity contribution in [1.82, 2.24) is 5.32 Å². The number of rotatable bonds is 6. The number of thiophene rings is 1. The maximum Gasteiger partial charge on any atom is 0.127 e. The van der Waals surface area contributed by atoms with E-state index in [0.717, 1.165) is 23.6 Å². The molecule has 108 valence electrons. The first-order valence-electron chi connectivity index (χ1n) is 6.64. The number of ether oxygens (including phenoxy) is 2. The third kappa shape index (κ3) is 3.52. The molecule has 1 N–H and O–H groups in total. The summed E-state index contributed by atoms with van der Waals surface area (Å²) in [7, 11) is 3.35. The molecule has 2 rings (SSSR count). The van der Waals surface area contributed by atoms with E-state index >= 15 is 0 Å². The Bertz CT molecular complexity index is 565. The second-order valence-corrected chi connectivity index (χ2v) is 6.05. The van der Waals surface area contributed by atoms with Crippen molar-refractivity contribution in [3.05, 3.63) is 45.6 Å². The summed E-state index contributed by atoms with van der Waals surface area (Å²) in [6.07, 6.45) is 0. The predicted molar refractivity (Wildman–Crippen MR) is 83.9 cm³/mol. The Morgan fingerprint density at radius 2 is 1.95 bits per heavy atom. The highest BCUT2D eigenvalue weighted by molar-refractivity contribution is 7.12. The van der Waals surface area contributed by atoms with Crippen LogP contribution in [0.25, 0.3) is 0 Å². The van der Waals surface area contributed by atoms with Crippen molar-refractivity contribution >= 4 is 11.3 Å². The van der Waals surface area contributed by atoms with E-state index in [1.165, 1.54) is 9.75 Å². The molecule has 0 aliphatic carbocycles. The van der Waals surface area contributed by atoms with Crippen molar-refractivity contribution in [2.45, 2.75) is 26.4 Å². The highest BCUT2D eigenvalue weighted by atomic mass is 32.1. The second-order valence-electron chi connectivity index (χ2n) is 4.73. The van der Waals surface area contributed by atoms with Gasteiger partial charge in [-0.05, 0) is 32.0 Å². The standard InChI is InChI=1S/C16H21NO2S/c1-11-5-8-16(20-11)12(2)17-10-13-6-7-14(18-3)9-15(13)19-4/h5-9,12,17H,10H2,1-4H3. The minimum Gasteiger partial charge on any atom is -0.497 e. The molecule has 3 nitrogen and oxygen atoms in total. The molecule has 0 fully saturated rings. The average Bonchev–Trinajstić information content (AvgIpc) is 2.91. The smallest absolute Gasteiger partial charge is 0.127 e. The SMILES string of the molecule is COc1ccc(CNC(C)c2ccc(C)s2)c(OC)c1. The molecule has 0 spiro atoms. The normalized spacial score (nSPS) is 12.2. The van der Waals surface area contributed by atoms with Crippen molar-refractivity contribution in [3.8, 4) is 11.5 Å². The zero-order valence-electron chi connectivity index (χ0n) is 12.4. The fraction of sp³-hybridized carbons (Fsp3) is 0.375. The molecule has 2 aromatic rings. The number of hydrogen-bond acceptors (Lipinski definition) is 4. The molecule has 0 saturated carbocycles. The van der Waals surface area contributed by atoms with Crippen LogP contribution in [0, 0.1) is 6.92 Å². The van der Waals surface area contributed by atoms with Crippen LogP contribution in [-0.2, 0) is 6.54 Å². The van der Waals surface area contributed by atoms with Crippen LogP contribution >= 0.6 is 11.3 Å². The van der Waals surface area contributed by atoms with Crippen LogP contribution in [0.5, 0.6) is 11.5 Å². The van der Waals surface area contributed by atoms with Gasteiger partial charge in [-0.2, -0.15) is 0 Å². The number of hydrogen-bond donors (Lipinski definition) is 1. The summed E-state index contributed by atoms with van der Waals surface area (Å²) in [5, 5.41) is 3.53. The lowest BCUT2D eigenvalue weighted by atomic mass is 10.1. The van der Waals surface area contributed by atoms with E-state index in [4.69, 9.17) is 9.47 Å². The summed E-state index contributed by atoms with van der Waals surface area (Å²) in [6, 6.07) is 10.6. The molecular formula is C16H21NO2S. The third-order valence-corrected chi connectivity index (χ3v) is 4.46. The molecule has 0 aliphatic heterocycles. The lowest BCUT2D eigenvalue weighted by molar-refractivity contribution is 0.389. The van der Waals surface area contributed by atoms with Gasteiger partial charge in [0.25, 0.3) is 0 Å². The van der Waals surface area contributed by atoms with E-state index in [1.807, 2.05) is 29.5 Å². The largest absolute Gasteiger partial charge is 0.497 e. The van der Waals surface area contributed by atoms with Crippen LogP contribution in [0.15, 0.2) is 30.3 Å². The molecule has 0 amide bonds. The van der Waals surface area contributed by atoms with Crippen LogP contribution in [0.3, 0.4) is 0 Å². The first kappa shape index (κ1) is 14.9. The van der Waals surface area contributed by atoms with Gasteiger partial charge in [0.2, 0.25) is 0 Å². The average molecular weight is 291 g/mol. The Labute approximate surface area is 124 Å². The fourth-order valence-electron chi connectivity index (χ4n) is 2.05. The van der Waals surface area contributed by atoms with Gasteiger partial charge in [-0.15, -0.1) is 11.3 Å². The van der Waals surface area contributed by atoms with Crippen LogP contribution in [0.2, 0.25) is 0 Å². The van der Waals surface area contributed by atoms with E-state index in [-0.39, 0.29) is 0 Å². The molecular weight excluding hydrogens is 270 g/mol. The molecule has 20 heavy (non-hydrogen) atoms. The van der Waals surface area contributed by atoms with Crippen molar-refractivity contribution < 1.29 is 9.47 Å². The summed E-state index contributed by atoms with van der Waals surface area (Å²) < 4.78 is 10.6. The molecule has 0 bridgehead atoms. The van der Waals surface area contributed by atoms with Gasteiger partial charge in [-0.1, -0.05) is 6.07 Å². The molecule has 1 aromatic heterocycles. The number of methoxy groups -OCH3 is 2. The molecule has 1 unspecified atom stereocenters. The summed E-state index contributed by atoms with van der Waals surface area (Å²) in [6.45, 7) is 5.08. The van der Waals surface area contributed by atoms with Crippen LogP contribution < -0.4 is 14.8 Å². The minimum absolute atomic E-state index is 0.334. The zero-order chi connectivity index (χ0) is 14.5. The first-order valence-corrected chi connectivity index (χ1v) is 7.46. The Morgan fingerprint density at radius 1 is 1.15 bits per heavy atom. The Hall–Kier alpha value is -1.52. The molecule has 4 heteroatoms. The van der Waals surface area contributed by atoms with Gasteiger partial charge in [0.15, 0.2) is 0 Å². The molecule has 0 aliphatic rings. The van der Waals surface area contributed by atoms with Gasteiger partial charge in [-0.3, -0.25) is 0 Å². The molecule has 1 aromatic carbocycles. The van der Waals surface area contributed by atoms with Gasteiger partial charge < -0.3 is 14.8 Å². The van der Waals surface area contributed by atoms with Crippen molar-refractivity contribution in [1.29, 1.82) is 0 Å². The first-order chi connectivity index (χ1) is 9.63. The van der Waals surface area contributed by atoms with E-state index in [0.29, 0.717) is 6.04 Å². The summed E-state index contributed by atoms with van der Waals surface area (Å²) in [5.41, 5.74) is 1.13. The maximum absolute atomic E-state index is 5.41. The molecule has 1 atom stereocenters. The number of benzene rings is 1. The summed E-state index contributed by atoms with van der Waals surface area (Å²) >= 11 is 1.83. The van der Waals surface area contributed by atoms with Crippen molar-refractivity contribution in [2.75, 3.05) is 14.2 Å². The van der Waals surface area contributed by atoms with E-state index < -0.39 is 0 Å². The molecule has 0 saturated heterocycles.